The van der Waals surface area contributed by atoms with Gasteiger partial charge in [-0.15, -0.1) is 0 Å². The molecule has 1 aromatic carbocycles. The van der Waals surface area contributed by atoms with E-state index in [1.807, 2.05) is 18.9 Å². The summed E-state index contributed by atoms with van der Waals surface area (Å²) in [5.41, 5.74) is -0.798. The number of hydrogen-bond acceptors (Lipinski definition) is 6. The lowest BCUT2D eigenvalue weighted by molar-refractivity contribution is 0.171. The van der Waals surface area contributed by atoms with Crippen molar-refractivity contribution in [3.63, 3.8) is 0 Å². The highest BCUT2D eigenvalue weighted by Gasteiger charge is 2.37. The second-order valence-corrected chi connectivity index (χ2v) is 7.81. The van der Waals surface area contributed by atoms with E-state index in [1.54, 1.807) is 22.8 Å². The summed E-state index contributed by atoms with van der Waals surface area (Å²) in [4.78, 5) is 18.1. The third kappa shape index (κ3) is 3.60. The molecule has 0 bridgehead atoms. The van der Waals surface area contributed by atoms with Crippen LogP contribution in [0.5, 0.6) is 11.6 Å². The molecule has 0 saturated carbocycles. The van der Waals surface area contributed by atoms with Crippen LogP contribution >= 0.6 is 11.6 Å². The first-order valence-electron chi connectivity index (χ1n) is 9.14. The Balaban J connectivity index is 1.46. The number of fused-ring (bicyclic) bond motifs is 1. The molecule has 0 spiro atoms. The standard InChI is InChI=1S/C20H20ClFN4O3/c1-12-9-26-18(25(12)2)6-17(24-19(26)27)28-10-13-3-4-16(15(22)5-13)29-20(11-23)7-14(21)8-20/h3-7,11-12,23H,8-10H2,1-2H3/t12-,20?/m0/s1. The first kappa shape index (κ1) is 19.4. The van der Waals surface area contributed by atoms with Gasteiger partial charge in [-0.3, -0.25) is 4.57 Å². The van der Waals surface area contributed by atoms with Gasteiger partial charge >= 0.3 is 5.69 Å². The van der Waals surface area contributed by atoms with Crippen molar-refractivity contribution >= 4 is 23.6 Å². The van der Waals surface area contributed by atoms with Crippen molar-refractivity contribution in [3.8, 4) is 11.6 Å². The largest absolute Gasteiger partial charge is 0.474 e. The number of rotatable bonds is 6. The number of likely N-dealkylation sites (N-methyl/N-ethyl adjacent to an activating group) is 1. The maximum atomic E-state index is 14.5. The Kier molecular flexibility index (Phi) is 4.82. The Bertz CT molecular complexity index is 1070. The van der Waals surface area contributed by atoms with E-state index in [0.717, 1.165) is 12.0 Å². The molecule has 2 aromatic rings. The predicted molar refractivity (Wildman–Crippen MR) is 108 cm³/mol. The monoisotopic (exact) mass is 418 g/mol. The van der Waals surface area contributed by atoms with Crippen molar-refractivity contribution in [2.45, 2.75) is 38.1 Å². The molecular formula is C20H20ClFN4O3. The number of nitrogens with one attached hydrogen (secondary N) is 1. The summed E-state index contributed by atoms with van der Waals surface area (Å²) in [5, 5.41) is 8.06. The van der Waals surface area contributed by atoms with Crippen LogP contribution in [0.15, 0.2) is 40.2 Å². The van der Waals surface area contributed by atoms with Crippen molar-refractivity contribution in [2.75, 3.05) is 11.9 Å². The molecule has 152 valence electrons. The SMILES string of the molecule is C[C@H]1Cn2c(cc(OCc3ccc(OC4(C=N)C=C(Cl)C4)c(F)c3)nc2=O)N1C. The van der Waals surface area contributed by atoms with Crippen molar-refractivity contribution in [1.82, 2.24) is 9.55 Å². The minimum absolute atomic E-state index is 0.0298. The van der Waals surface area contributed by atoms with Crippen LogP contribution in [-0.2, 0) is 13.2 Å². The van der Waals surface area contributed by atoms with Crippen LogP contribution in [0, 0.1) is 11.2 Å². The second kappa shape index (κ2) is 7.18. The second-order valence-electron chi connectivity index (χ2n) is 7.33. The van der Waals surface area contributed by atoms with Crippen molar-refractivity contribution in [3.05, 3.63) is 57.2 Å². The van der Waals surface area contributed by atoms with Gasteiger partial charge in [0.1, 0.15) is 12.4 Å². The average Bonchev–Trinajstić information content (AvgIpc) is 2.95. The van der Waals surface area contributed by atoms with Gasteiger partial charge in [0.15, 0.2) is 17.2 Å². The molecule has 4 rings (SSSR count). The molecule has 1 N–H and O–H groups in total. The molecule has 9 heteroatoms. The highest BCUT2D eigenvalue weighted by atomic mass is 35.5. The molecule has 2 aliphatic rings. The van der Waals surface area contributed by atoms with Gasteiger partial charge in [-0.25, -0.2) is 9.18 Å². The van der Waals surface area contributed by atoms with E-state index in [0.29, 0.717) is 23.6 Å². The zero-order chi connectivity index (χ0) is 20.8. The Labute approximate surface area is 171 Å². The fourth-order valence-electron chi connectivity index (χ4n) is 3.39. The molecule has 2 heterocycles. The first-order valence-corrected chi connectivity index (χ1v) is 9.52. The van der Waals surface area contributed by atoms with Crippen LogP contribution in [0.2, 0.25) is 0 Å². The molecule has 0 amide bonds. The molecule has 1 aliphatic heterocycles. The molecule has 0 saturated heterocycles. The summed E-state index contributed by atoms with van der Waals surface area (Å²) in [6.45, 7) is 2.66. The number of aromatic nitrogens is 2. The number of ether oxygens (including phenoxy) is 2. The zero-order valence-corrected chi connectivity index (χ0v) is 16.7. The maximum absolute atomic E-state index is 14.5. The third-order valence-electron chi connectivity index (χ3n) is 5.21. The van der Waals surface area contributed by atoms with E-state index in [9.17, 15) is 9.18 Å². The fraction of sp³-hybridized carbons (Fsp3) is 0.350. The zero-order valence-electron chi connectivity index (χ0n) is 16.0. The summed E-state index contributed by atoms with van der Waals surface area (Å²) in [5.74, 6) is 0.396. The molecule has 1 aromatic heterocycles. The molecular weight excluding hydrogens is 399 g/mol. The smallest absolute Gasteiger partial charge is 0.352 e. The van der Waals surface area contributed by atoms with Gasteiger partial charge in [0.2, 0.25) is 5.88 Å². The lowest BCUT2D eigenvalue weighted by Crippen LogP contribution is -2.41. The summed E-state index contributed by atoms with van der Waals surface area (Å²) in [6.07, 6.45) is 3.02. The Morgan fingerprint density at radius 1 is 1.45 bits per heavy atom. The van der Waals surface area contributed by atoms with Gasteiger partial charge in [-0.05, 0) is 30.7 Å². The van der Waals surface area contributed by atoms with Crippen LogP contribution in [0.1, 0.15) is 18.9 Å². The summed E-state index contributed by atoms with van der Waals surface area (Å²) >= 11 is 5.84. The molecule has 1 aliphatic carbocycles. The number of hydrogen-bond donors (Lipinski definition) is 1. The third-order valence-corrected chi connectivity index (χ3v) is 5.45. The Morgan fingerprint density at radius 2 is 2.21 bits per heavy atom. The van der Waals surface area contributed by atoms with Gasteiger partial charge in [-0.2, -0.15) is 4.98 Å². The van der Waals surface area contributed by atoms with Crippen molar-refractivity contribution < 1.29 is 13.9 Å². The lowest BCUT2D eigenvalue weighted by Gasteiger charge is -2.34. The van der Waals surface area contributed by atoms with Gasteiger partial charge in [0, 0.05) is 43.4 Å². The lowest BCUT2D eigenvalue weighted by atomic mass is 9.90. The van der Waals surface area contributed by atoms with Crippen LogP contribution < -0.4 is 20.1 Å². The van der Waals surface area contributed by atoms with Crippen LogP contribution in [-0.4, -0.2) is 34.5 Å². The van der Waals surface area contributed by atoms with Crippen molar-refractivity contribution in [2.24, 2.45) is 0 Å². The van der Waals surface area contributed by atoms with Gasteiger partial charge in [0.05, 0.1) is 0 Å². The molecule has 1 unspecified atom stereocenters. The molecule has 2 atom stereocenters. The summed E-state index contributed by atoms with van der Waals surface area (Å²) in [7, 11) is 1.91. The fourth-order valence-corrected chi connectivity index (χ4v) is 3.78. The number of benzene rings is 1. The maximum Gasteiger partial charge on any atom is 0.352 e. The van der Waals surface area contributed by atoms with Gasteiger partial charge < -0.3 is 19.8 Å². The topological polar surface area (TPSA) is 80.4 Å². The van der Waals surface area contributed by atoms with Gasteiger partial charge in [-0.1, -0.05) is 17.7 Å². The molecule has 29 heavy (non-hydrogen) atoms. The molecule has 0 radical (unpaired) electrons. The minimum atomic E-state index is -0.990. The quantitative estimate of drug-likeness (QED) is 0.729. The van der Waals surface area contributed by atoms with Crippen LogP contribution in [0.4, 0.5) is 10.2 Å². The van der Waals surface area contributed by atoms with Crippen LogP contribution in [0.25, 0.3) is 0 Å². The Hall–Kier alpha value is -2.87. The van der Waals surface area contributed by atoms with Crippen molar-refractivity contribution in [1.29, 1.82) is 5.41 Å². The van der Waals surface area contributed by atoms with Crippen LogP contribution in [0.3, 0.4) is 0 Å². The molecule has 0 fully saturated rings. The van der Waals surface area contributed by atoms with Gasteiger partial charge in [0.25, 0.3) is 0 Å². The number of nitrogens with zero attached hydrogens (tertiary/aromatic N) is 3. The summed E-state index contributed by atoms with van der Waals surface area (Å²) in [6, 6.07) is 6.35. The van der Waals surface area contributed by atoms with E-state index in [2.05, 4.69) is 4.98 Å². The molecule has 7 nitrogen and oxygen atoms in total. The minimum Gasteiger partial charge on any atom is -0.474 e. The normalized spacial score (nSPS) is 22.6. The number of anilines is 1. The highest BCUT2D eigenvalue weighted by Crippen LogP contribution is 2.36. The highest BCUT2D eigenvalue weighted by molar-refractivity contribution is 6.31. The summed E-state index contributed by atoms with van der Waals surface area (Å²) < 4.78 is 27.3. The number of halogens is 2. The first-order chi connectivity index (χ1) is 13.8. The predicted octanol–water partition coefficient (Wildman–Crippen LogP) is 3.09. The van der Waals surface area contributed by atoms with E-state index < -0.39 is 11.4 Å². The van der Waals surface area contributed by atoms with E-state index in [4.69, 9.17) is 26.5 Å². The average molecular weight is 419 g/mol. The van der Waals surface area contributed by atoms with E-state index in [-0.39, 0.29) is 30.0 Å². The van der Waals surface area contributed by atoms with E-state index in [1.165, 1.54) is 12.1 Å². The van der Waals surface area contributed by atoms with E-state index >= 15 is 0 Å². The Morgan fingerprint density at radius 3 is 2.86 bits per heavy atom.